The Morgan fingerprint density at radius 3 is 2.56 bits per heavy atom. The van der Waals surface area contributed by atoms with Crippen molar-refractivity contribution in [3.05, 3.63) is 34.9 Å². The van der Waals surface area contributed by atoms with Gasteiger partial charge in [-0.1, -0.05) is 36.6 Å². The molecule has 0 bridgehead atoms. The number of hydrogen-bond acceptors (Lipinski definition) is 3. The molecule has 1 heterocycles. The van der Waals surface area contributed by atoms with E-state index in [4.69, 9.17) is 0 Å². The van der Waals surface area contributed by atoms with Crippen LogP contribution in [0.2, 0.25) is 0 Å². The summed E-state index contributed by atoms with van der Waals surface area (Å²) in [5.41, 5.74) is 3.75. The van der Waals surface area contributed by atoms with Crippen molar-refractivity contribution < 1.29 is 9.59 Å². The van der Waals surface area contributed by atoms with E-state index in [1.54, 1.807) is 0 Å². The summed E-state index contributed by atoms with van der Waals surface area (Å²) in [5.74, 6) is 0.418. The molecule has 0 radical (unpaired) electrons. The van der Waals surface area contributed by atoms with E-state index in [0.717, 1.165) is 38.8 Å². The molecule has 3 rings (SSSR count). The van der Waals surface area contributed by atoms with Gasteiger partial charge >= 0.3 is 0 Å². The summed E-state index contributed by atoms with van der Waals surface area (Å²) in [5, 5.41) is 6.19. The molecule has 27 heavy (non-hydrogen) atoms. The van der Waals surface area contributed by atoms with E-state index >= 15 is 0 Å². The van der Waals surface area contributed by atoms with E-state index < -0.39 is 0 Å². The number of rotatable bonds is 6. The number of carbonyl (C=O) groups is 2. The van der Waals surface area contributed by atoms with E-state index in [1.807, 2.05) is 6.92 Å². The highest BCUT2D eigenvalue weighted by atomic mass is 16.2. The maximum atomic E-state index is 12.6. The zero-order chi connectivity index (χ0) is 19.4. The SMILES string of the molecule is CCNC(=O)[C@@H]1C[C@@H](NC(=O)C2CCCC2)CN1Cc1ccc(C)cc1C. The highest BCUT2D eigenvalue weighted by molar-refractivity contribution is 5.83. The fraction of sp³-hybridized carbons (Fsp3) is 0.636. The Hall–Kier alpha value is -1.88. The number of carbonyl (C=O) groups excluding carboxylic acids is 2. The molecule has 1 saturated carbocycles. The zero-order valence-electron chi connectivity index (χ0n) is 16.9. The molecule has 0 unspecified atom stereocenters. The van der Waals surface area contributed by atoms with Gasteiger partial charge < -0.3 is 10.6 Å². The maximum Gasteiger partial charge on any atom is 0.237 e. The molecular formula is C22H33N3O2. The minimum absolute atomic E-state index is 0.0523. The molecule has 5 nitrogen and oxygen atoms in total. The molecule has 2 atom stereocenters. The third-order valence-electron chi connectivity index (χ3n) is 6.00. The van der Waals surface area contributed by atoms with Gasteiger partial charge in [-0.3, -0.25) is 14.5 Å². The Morgan fingerprint density at radius 1 is 1.15 bits per heavy atom. The van der Waals surface area contributed by atoms with Crippen molar-refractivity contribution in [2.75, 3.05) is 13.1 Å². The topological polar surface area (TPSA) is 61.4 Å². The van der Waals surface area contributed by atoms with E-state index in [0.29, 0.717) is 13.0 Å². The first-order chi connectivity index (χ1) is 13.0. The molecule has 0 spiro atoms. The Balaban J connectivity index is 1.69. The fourth-order valence-electron chi connectivity index (χ4n) is 4.50. The van der Waals surface area contributed by atoms with Gasteiger partial charge in [0.2, 0.25) is 11.8 Å². The van der Waals surface area contributed by atoms with Crippen LogP contribution in [-0.2, 0) is 16.1 Å². The Morgan fingerprint density at radius 2 is 1.89 bits per heavy atom. The third-order valence-corrected chi connectivity index (χ3v) is 6.00. The van der Waals surface area contributed by atoms with Crippen molar-refractivity contribution in [3.63, 3.8) is 0 Å². The lowest BCUT2D eigenvalue weighted by Crippen LogP contribution is -2.42. The van der Waals surface area contributed by atoms with Crippen molar-refractivity contribution in [2.24, 2.45) is 5.92 Å². The van der Waals surface area contributed by atoms with Crippen molar-refractivity contribution in [3.8, 4) is 0 Å². The van der Waals surface area contributed by atoms with Crippen LogP contribution in [-0.4, -0.2) is 41.9 Å². The van der Waals surface area contributed by atoms with Crippen LogP contribution >= 0.6 is 0 Å². The van der Waals surface area contributed by atoms with Crippen molar-refractivity contribution in [1.82, 2.24) is 15.5 Å². The van der Waals surface area contributed by atoms with Gasteiger partial charge in [0.25, 0.3) is 0 Å². The lowest BCUT2D eigenvalue weighted by Gasteiger charge is -2.24. The highest BCUT2D eigenvalue weighted by Gasteiger charge is 2.38. The van der Waals surface area contributed by atoms with Crippen molar-refractivity contribution >= 4 is 11.8 Å². The van der Waals surface area contributed by atoms with E-state index in [2.05, 4.69) is 47.6 Å². The van der Waals surface area contributed by atoms with Crippen LogP contribution in [0.25, 0.3) is 0 Å². The van der Waals surface area contributed by atoms with Gasteiger partial charge in [0.15, 0.2) is 0 Å². The molecule has 5 heteroatoms. The summed E-state index contributed by atoms with van der Waals surface area (Å²) in [4.78, 5) is 27.4. The molecular weight excluding hydrogens is 338 g/mol. The molecule has 148 valence electrons. The minimum Gasteiger partial charge on any atom is -0.355 e. The van der Waals surface area contributed by atoms with Crippen LogP contribution in [0.1, 0.15) is 55.7 Å². The van der Waals surface area contributed by atoms with Crippen LogP contribution in [0.4, 0.5) is 0 Å². The molecule has 2 N–H and O–H groups in total. The van der Waals surface area contributed by atoms with Gasteiger partial charge in [0.1, 0.15) is 0 Å². The third kappa shape index (κ3) is 4.89. The Bertz CT molecular complexity index is 682. The molecule has 1 aliphatic carbocycles. The molecule has 0 aromatic heterocycles. The smallest absolute Gasteiger partial charge is 0.237 e. The molecule has 1 aromatic rings. The zero-order valence-corrected chi connectivity index (χ0v) is 16.9. The number of nitrogens with zero attached hydrogens (tertiary/aromatic N) is 1. The molecule has 1 aliphatic heterocycles. The average Bonchev–Trinajstić information content (AvgIpc) is 3.28. The predicted molar refractivity (Wildman–Crippen MR) is 107 cm³/mol. The lowest BCUT2D eigenvalue weighted by atomic mass is 10.0. The number of likely N-dealkylation sites (N-methyl/N-ethyl adjacent to an activating group) is 1. The first-order valence-corrected chi connectivity index (χ1v) is 10.4. The first-order valence-electron chi connectivity index (χ1n) is 10.4. The summed E-state index contributed by atoms with van der Waals surface area (Å²) in [6, 6.07) is 6.34. The summed E-state index contributed by atoms with van der Waals surface area (Å²) in [7, 11) is 0. The quantitative estimate of drug-likeness (QED) is 0.808. The first kappa shape index (κ1) is 19.9. The van der Waals surface area contributed by atoms with Crippen molar-refractivity contribution in [2.45, 2.75) is 71.5 Å². The number of amides is 2. The second-order valence-electron chi connectivity index (χ2n) is 8.19. The van der Waals surface area contributed by atoms with Gasteiger partial charge in [-0.25, -0.2) is 0 Å². The van der Waals surface area contributed by atoms with Crippen LogP contribution < -0.4 is 10.6 Å². The fourth-order valence-corrected chi connectivity index (χ4v) is 4.50. The Kier molecular flexibility index (Phi) is 6.53. The van der Waals surface area contributed by atoms with Gasteiger partial charge in [-0.2, -0.15) is 0 Å². The van der Waals surface area contributed by atoms with E-state index in [-0.39, 0.29) is 29.8 Å². The van der Waals surface area contributed by atoms with E-state index in [1.165, 1.54) is 16.7 Å². The van der Waals surface area contributed by atoms with Crippen molar-refractivity contribution in [1.29, 1.82) is 0 Å². The monoisotopic (exact) mass is 371 g/mol. The van der Waals surface area contributed by atoms with Gasteiger partial charge in [-0.05, 0) is 51.2 Å². The van der Waals surface area contributed by atoms with Gasteiger partial charge in [0.05, 0.1) is 6.04 Å². The summed E-state index contributed by atoms with van der Waals surface area (Å²) < 4.78 is 0. The maximum absolute atomic E-state index is 12.6. The number of likely N-dealkylation sites (tertiary alicyclic amines) is 1. The number of aryl methyl sites for hydroxylation is 2. The van der Waals surface area contributed by atoms with Crippen LogP contribution in [0, 0.1) is 19.8 Å². The van der Waals surface area contributed by atoms with Crippen LogP contribution in [0.5, 0.6) is 0 Å². The molecule has 1 aromatic carbocycles. The van der Waals surface area contributed by atoms with Crippen LogP contribution in [0.15, 0.2) is 18.2 Å². The number of nitrogens with one attached hydrogen (secondary N) is 2. The lowest BCUT2D eigenvalue weighted by molar-refractivity contribution is -0.126. The summed E-state index contributed by atoms with van der Waals surface area (Å²) in [6.45, 7) is 8.27. The largest absolute Gasteiger partial charge is 0.355 e. The summed E-state index contributed by atoms with van der Waals surface area (Å²) in [6.07, 6.45) is 5.01. The van der Waals surface area contributed by atoms with Gasteiger partial charge in [-0.15, -0.1) is 0 Å². The predicted octanol–water partition coefficient (Wildman–Crippen LogP) is 2.69. The van der Waals surface area contributed by atoms with Gasteiger partial charge in [0, 0.05) is 31.6 Å². The number of benzene rings is 1. The standard InChI is InChI=1S/C22H33N3O2/c1-4-23-22(27)20-12-19(24-21(26)17-7-5-6-8-17)14-25(20)13-18-10-9-15(2)11-16(18)3/h9-11,17,19-20H,4-8,12-14H2,1-3H3,(H,23,27)(H,24,26)/t19-,20+/m1/s1. The minimum atomic E-state index is -0.181. The van der Waals surface area contributed by atoms with E-state index in [9.17, 15) is 9.59 Å². The molecule has 1 saturated heterocycles. The second-order valence-corrected chi connectivity index (χ2v) is 8.19. The normalized spacial score (nSPS) is 23.5. The molecule has 2 amide bonds. The average molecular weight is 372 g/mol. The number of hydrogen-bond donors (Lipinski definition) is 2. The summed E-state index contributed by atoms with van der Waals surface area (Å²) >= 11 is 0. The Labute approximate surface area is 162 Å². The molecule has 2 fully saturated rings. The molecule has 2 aliphatic rings. The van der Waals surface area contributed by atoms with Crippen LogP contribution in [0.3, 0.4) is 0 Å². The highest BCUT2D eigenvalue weighted by Crippen LogP contribution is 2.27. The second kappa shape index (κ2) is 8.87.